The second-order valence-electron chi connectivity index (χ2n) is 3.79. The van der Waals surface area contributed by atoms with Crippen molar-refractivity contribution in [2.75, 3.05) is 12.8 Å². The minimum absolute atomic E-state index is 0.545. The molecule has 2 rings (SSSR count). The highest BCUT2D eigenvalue weighted by molar-refractivity contribution is 5.68. The Labute approximate surface area is 94.4 Å². The number of H-pyrrole nitrogens is 1. The zero-order valence-electron chi connectivity index (χ0n) is 9.66. The molecule has 0 aliphatic rings. The molecule has 2 aromatic rings. The molecule has 4 nitrogen and oxygen atoms in total. The van der Waals surface area contributed by atoms with E-state index in [9.17, 15) is 0 Å². The van der Waals surface area contributed by atoms with Gasteiger partial charge in [0.25, 0.3) is 0 Å². The average Bonchev–Trinajstić information content (AvgIpc) is 2.60. The van der Waals surface area contributed by atoms with Crippen LogP contribution in [0, 0.1) is 13.8 Å². The molecule has 0 amide bonds. The van der Waals surface area contributed by atoms with Crippen LogP contribution in [0.2, 0.25) is 0 Å². The van der Waals surface area contributed by atoms with E-state index >= 15 is 0 Å². The first kappa shape index (κ1) is 10.5. The summed E-state index contributed by atoms with van der Waals surface area (Å²) in [5.74, 6) is 1.43. The maximum atomic E-state index is 5.71. The highest BCUT2D eigenvalue weighted by Gasteiger charge is 2.09. The molecule has 1 aromatic carbocycles. The van der Waals surface area contributed by atoms with Gasteiger partial charge in [0, 0.05) is 11.1 Å². The molecule has 0 radical (unpaired) electrons. The third-order valence-corrected chi connectivity index (χ3v) is 2.73. The van der Waals surface area contributed by atoms with Gasteiger partial charge in [-0.15, -0.1) is 0 Å². The Balaban J connectivity index is 2.49. The molecule has 84 valence electrons. The first-order valence-corrected chi connectivity index (χ1v) is 5.09. The number of benzene rings is 1. The van der Waals surface area contributed by atoms with Crippen molar-refractivity contribution >= 4 is 5.82 Å². The van der Waals surface area contributed by atoms with Crippen molar-refractivity contribution in [3.8, 4) is 17.0 Å². The van der Waals surface area contributed by atoms with Gasteiger partial charge in [-0.25, -0.2) is 0 Å². The summed E-state index contributed by atoms with van der Waals surface area (Å²) < 4.78 is 5.22. The minimum atomic E-state index is 0.545. The molecule has 0 bridgehead atoms. The Morgan fingerprint density at radius 1 is 1.31 bits per heavy atom. The summed E-state index contributed by atoms with van der Waals surface area (Å²) in [6.45, 7) is 3.96. The zero-order chi connectivity index (χ0) is 11.7. The molecule has 4 heteroatoms. The van der Waals surface area contributed by atoms with E-state index in [4.69, 9.17) is 10.5 Å². The van der Waals surface area contributed by atoms with Crippen molar-refractivity contribution in [2.24, 2.45) is 0 Å². The molecule has 1 aromatic heterocycles. The fraction of sp³-hybridized carbons (Fsp3) is 0.250. The summed E-state index contributed by atoms with van der Waals surface area (Å²) in [5, 5.41) is 6.93. The van der Waals surface area contributed by atoms with Gasteiger partial charge < -0.3 is 10.5 Å². The van der Waals surface area contributed by atoms with E-state index in [2.05, 4.69) is 16.3 Å². The zero-order valence-corrected chi connectivity index (χ0v) is 9.66. The van der Waals surface area contributed by atoms with E-state index in [1.54, 1.807) is 7.11 Å². The van der Waals surface area contributed by atoms with E-state index in [-0.39, 0.29) is 0 Å². The lowest BCUT2D eigenvalue weighted by Crippen LogP contribution is -1.89. The molecule has 0 aliphatic heterocycles. The van der Waals surface area contributed by atoms with Crippen molar-refractivity contribution in [3.05, 3.63) is 29.3 Å². The fourth-order valence-electron chi connectivity index (χ4n) is 1.73. The van der Waals surface area contributed by atoms with Crippen molar-refractivity contribution < 1.29 is 4.74 Å². The Hall–Kier alpha value is -1.97. The monoisotopic (exact) mass is 217 g/mol. The third kappa shape index (κ3) is 1.62. The van der Waals surface area contributed by atoms with Crippen LogP contribution in [0.15, 0.2) is 18.2 Å². The van der Waals surface area contributed by atoms with Crippen LogP contribution in [0.4, 0.5) is 5.82 Å². The van der Waals surface area contributed by atoms with Gasteiger partial charge in [-0.3, -0.25) is 5.10 Å². The fourth-order valence-corrected chi connectivity index (χ4v) is 1.73. The van der Waals surface area contributed by atoms with Gasteiger partial charge in [0.15, 0.2) is 0 Å². The maximum absolute atomic E-state index is 5.71. The lowest BCUT2D eigenvalue weighted by molar-refractivity contribution is 0.412. The lowest BCUT2D eigenvalue weighted by atomic mass is 10.1. The van der Waals surface area contributed by atoms with Crippen molar-refractivity contribution in [2.45, 2.75) is 13.8 Å². The Morgan fingerprint density at radius 3 is 2.56 bits per heavy atom. The summed E-state index contributed by atoms with van der Waals surface area (Å²) in [6.07, 6.45) is 0. The average molecular weight is 217 g/mol. The lowest BCUT2D eigenvalue weighted by Gasteiger charge is -2.06. The standard InChI is InChI=1S/C12H15N3O/c1-7-6-9(4-5-10(7)16-3)11-8(2)12(13)15-14-11/h4-6H,1-3H3,(H3,13,14,15). The summed E-state index contributed by atoms with van der Waals surface area (Å²) in [7, 11) is 1.67. The van der Waals surface area contributed by atoms with Gasteiger partial charge in [-0.2, -0.15) is 5.10 Å². The predicted molar refractivity (Wildman–Crippen MR) is 64.5 cm³/mol. The predicted octanol–water partition coefficient (Wildman–Crippen LogP) is 2.28. The topological polar surface area (TPSA) is 63.9 Å². The van der Waals surface area contributed by atoms with E-state index in [1.807, 2.05) is 26.0 Å². The van der Waals surface area contributed by atoms with E-state index < -0.39 is 0 Å². The number of aryl methyl sites for hydroxylation is 1. The first-order valence-electron chi connectivity index (χ1n) is 5.09. The van der Waals surface area contributed by atoms with Crippen LogP contribution in [0.25, 0.3) is 11.3 Å². The number of nitrogen functional groups attached to an aromatic ring is 1. The molecule has 0 unspecified atom stereocenters. The summed E-state index contributed by atoms with van der Waals surface area (Å²) in [5.41, 5.74) is 9.80. The molecule has 0 aliphatic carbocycles. The maximum Gasteiger partial charge on any atom is 0.148 e. The first-order chi connectivity index (χ1) is 7.63. The third-order valence-electron chi connectivity index (χ3n) is 2.73. The molecular formula is C12H15N3O. The minimum Gasteiger partial charge on any atom is -0.496 e. The molecular weight excluding hydrogens is 202 g/mol. The van der Waals surface area contributed by atoms with Gasteiger partial charge in [0.2, 0.25) is 0 Å². The number of nitrogens with zero attached hydrogens (tertiary/aromatic N) is 1. The van der Waals surface area contributed by atoms with E-state index in [0.29, 0.717) is 5.82 Å². The molecule has 1 heterocycles. The van der Waals surface area contributed by atoms with Crippen LogP contribution >= 0.6 is 0 Å². The molecule has 0 saturated heterocycles. The number of rotatable bonds is 2. The number of aromatic nitrogens is 2. The van der Waals surface area contributed by atoms with E-state index in [0.717, 1.165) is 28.1 Å². The second-order valence-corrected chi connectivity index (χ2v) is 3.79. The summed E-state index contributed by atoms with van der Waals surface area (Å²) in [6, 6.07) is 5.99. The van der Waals surface area contributed by atoms with Crippen molar-refractivity contribution in [1.29, 1.82) is 0 Å². The molecule has 0 fully saturated rings. The number of aromatic amines is 1. The number of ether oxygens (including phenoxy) is 1. The van der Waals surface area contributed by atoms with Crippen LogP contribution in [0.3, 0.4) is 0 Å². The van der Waals surface area contributed by atoms with Crippen molar-refractivity contribution in [1.82, 2.24) is 10.2 Å². The number of nitrogens with two attached hydrogens (primary N) is 1. The van der Waals surface area contributed by atoms with Gasteiger partial charge in [0.1, 0.15) is 11.6 Å². The molecule has 0 atom stereocenters. The van der Waals surface area contributed by atoms with Gasteiger partial charge >= 0.3 is 0 Å². The Morgan fingerprint density at radius 2 is 2.06 bits per heavy atom. The molecule has 0 saturated carbocycles. The van der Waals surface area contributed by atoms with Crippen LogP contribution < -0.4 is 10.5 Å². The Bertz CT molecular complexity index is 517. The van der Waals surface area contributed by atoms with Crippen LogP contribution in [0.1, 0.15) is 11.1 Å². The van der Waals surface area contributed by atoms with Crippen LogP contribution in [-0.2, 0) is 0 Å². The number of hydrogen-bond acceptors (Lipinski definition) is 3. The molecule has 0 spiro atoms. The second kappa shape index (κ2) is 3.89. The number of nitrogens with one attached hydrogen (secondary N) is 1. The molecule has 16 heavy (non-hydrogen) atoms. The van der Waals surface area contributed by atoms with E-state index in [1.165, 1.54) is 0 Å². The largest absolute Gasteiger partial charge is 0.496 e. The van der Waals surface area contributed by atoms with Crippen LogP contribution in [-0.4, -0.2) is 17.3 Å². The van der Waals surface area contributed by atoms with Gasteiger partial charge in [0.05, 0.1) is 12.8 Å². The quantitative estimate of drug-likeness (QED) is 0.811. The van der Waals surface area contributed by atoms with Crippen molar-refractivity contribution in [3.63, 3.8) is 0 Å². The Kier molecular flexibility index (Phi) is 2.56. The highest BCUT2D eigenvalue weighted by atomic mass is 16.5. The normalized spacial score (nSPS) is 10.4. The number of methoxy groups -OCH3 is 1. The highest BCUT2D eigenvalue weighted by Crippen LogP contribution is 2.28. The van der Waals surface area contributed by atoms with Crippen LogP contribution in [0.5, 0.6) is 5.75 Å². The summed E-state index contributed by atoms with van der Waals surface area (Å²) >= 11 is 0. The smallest absolute Gasteiger partial charge is 0.148 e. The number of anilines is 1. The number of hydrogen-bond donors (Lipinski definition) is 2. The SMILES string of the molecule is COc1ccc(-c2[nH]nc(N)c2C)cc1C. The van der Waals surface area contributed by atoms with Gasteiger partial charge in [-0.1, -0.05) is 0 Å². The molecule has 3 N–H and O–H groups in total. The summed E-state index contributed by atoms with van der Waals surface area (Å²) in [4.78, 5) is 0. The van der Waals surface area contributed by atoms with Gasteiger partial charge in [-0.05, 0) is 37.6 Å².